The van der Waals surface area contributed by atoms with Gasteiger partial charge in [0.1, 0.15) is 0 Å². The van der Waals surface area contributed by atoms with Gasteiger partial charge >= 0.3 is 0 Å². The molecule has 1 aliphatic carbocycles. The molecule has 0 unspecified atom stereocenters. The second kappa shape index (κ2) is 4.61. The molecule has 0 aromatic heterocycles. The molecule has 0 saturated carbocycles. The average Bonchev–Trinajstić information content (AvgIpc) is 2.74. The first-order valence-electron chi connectivity index (χ1n) is 6.94. The van der Waals surface area contributed by atoms with Crippen molar-refractivity contribution in [1.82, 2.24) is 0 Å². The quantitative estimate of drug-likeness (QED) is 0.610. The number of hydrogen-bond donors (Lipinski definition) is 0. The summed E-state index contributed by atoms with van der Waals surface area (Å²) in [5, 5.41) is 0. The molecule has 0 spiro atoms. The number of aryl methyl sites for hydroxylation is 1. The van der Waals surface area contributed by atoms with Crippen molar-refractivity contribution in [3.8, 4) is 11.1 Å². The summed E-state index contributed by atoms with van der Waals surface area (Å²) < 4.78 is 0. The van der Waals surface area contributed by atoms with Gasteiger partial charge in [0.15, 0.2) is 0 Å². The zero-order chi connectivity index (χ0) is 12.5. The summed E-state index contributed by atoms with van der Waals surface area (Å²) >= 11 is 0. The molecule has 0 radical (unpaired) electrons. The molecule has 0 saturated heterocycles. The van der Waals surface area contributed by atoms with Crippen LogP contribution in [0.5, 0.6) is 0 Å². The topological polar surface area (TPSA) is 0 Å². The lowest BCUT2D eigenvalue weighted by atomic mass is 9.98. The highest BCUT2D eigenvalue weighted by molar-refractivity contribution is 5.77. The van der Waals surface area contributed by atoms with Crippen molar-refractivity contribution in [3.05, 3.63) is 59.2 Å². The molecule has 2 aromatic rings. The van der Waals surface area contributed by atoms with Gasteiger partial charge in [0.2, 0.25) is 0 Å². The van der Waals surface area contributed by atoms with Crippen molar-refractivity contribution in [1.29, 1.82) is 0 Å². The minimum atomic E-state index is 0.783. The van der Waals surface area contributed by atoms with Crippen molar-refractivity contribution in [2.24, 2.45) is 5.92 Å². The predicted octanol–water partition coefficient (Wildman–Crippen LogP) is 4.85. The molecule has 18 heavy (non-hydrogen) atoms. The van der Waals surface area contributed by atoms with Gasteiger partial charge in [0.25, 0.3) is 0 Å². The largest absolute Gasteiger partial charge is 0.0628 e. The molecule has 92 valence electrons. The van der Waals surface area contributed by atoms with Gasteiger partial charge in [-0.25, -0.2) is 0 Å². The zero-order valence-corrected chi connectivity index (χ0v) is 11.2. The van der Waals surface area contributed by atoms with E-state index in [1.165, 1.54) is 40.7 Å². The highest BCUT2D eigenvalue weighted by atomic mass is 14.2. The average molecular weight is 236 g/mol. The van der Waals surface area contributed by atoms with Crippen LogP contribution in [-0.4, -0.2) is 0 Å². The first-order valence-corrected chi connectivity index (χ1v) is 6.94. The van der Waals surface area contributed by atoms with E-state index in [2.05, 4.69) is 56.3 Å². The highest BCUT2D eigenvalue weighted by Crippen LogP contribution is 2.37. The summed E-state index contributed by atoms with van der Waals surface area (Å²) in [5.74, 6) is 0.783. The summed E-state index contributed by atoms with van der Waals surface area (Å²) in [5.41, 5.74) is 7.36. The molecular formula is C18H20. The van der Waals surface area contributed by atoms with Crippen LogP contribution in [0.4, 0.5) is 0 Å². The van der Waals surface area contributed by atoms with Crippen LogP contribution in [0.3, 0.4) is 0 Å². The van der Waals surface area contributed by atoms with Gasteiger partial charge in [-0.3, -0.25) is 0 Å². The van der Waals surface area contributed by atoms with Gasteiger partial charge in [-0.05, 0) is 53.0 Å². The molecule has 0 heteroatoms. The van der Waals surface area contributed by atoms with Crippen LogP contribution in [0.15, 0.2) is 42.5 Å². The van der Waals surface area contributed by atoms with Gasteiger partial charge in [-0.2, -0.15) is 0 Å². The third-order valence-corrected chi connectivity index (χ3v) is 3.87. The van der Waals surface area contributed by atoms with Gasteiger partial charge in [0.05, 0.1) is 0 Å². The van der Waals surface area contributed by atoms with E-state index in [1.54, 1.807) is 0 Å². The Balaban J connectivity index is 1.93. The molecule has 0 amide bonds. The Kier molecular flexibility index (Phi) is 2.95. The summed E-state index contributed by atoms with van der Waals surface area (Å²) in [4.78, 5) is 0. The minimum absolute atomic E-state index is 0.783. The van der Waals surface area contributed by atoms with Gasteiger partial charge in [-0.1, -0.05) is 56.3 Å². The van der Waals surface area contributed by atoms with E-state index in [0.717, 1.165) is 12.3 Å². The van der Waals surface area contributed by atoms with E-state index in [4.69, 9.17) is 0 Å². The summed E-state index contributed by atoms with van der Waals surface area (Å²) in [6.07, 6.45) is 3.59. The fourth-order valence-electron chi connectivity index (χ4n) is 2.78. The van der Waals surface area contributed by atoms with E-state index in [1.807, 2.05) is 0 Å². The molecule has 0 nitrogen and oxygen atoms in total. The SMILES string of the molecule is CC(C)CCc1ccc2c(c1)-c1ccccc1C2. The van der Waals surface area contributed by atoms with E-state index < -0.39 is 0 Å². The lowest BCUT2D eigenvalue weighted by molar-refractivity contribution is 0.587. The molecular weight excluding hydrogens is 216 g/mol. The Labute approximate surface area is 110 Å². The predicted molar refractivity (Wildman–Crippen MR) is 77.8 cm³/mol. The van der Waals surface area contributed by atoms with Crippen LogP contribution in [0.2, 0.25) is 0 Å². The third-order valence-electron chi connectivity index (χ3n) is 3.87. The smallest absolute Gasteiger partial charge is 0.00135 e. The molecule has 2 aromatic carbocycles. The maximum absolute atomic E-state index is 2.41. The maximum atomic E-state index is 2.41. The van der Waals surface area contributed by atoms with Crippen molar-refractivity contribution in [3.63, 3.8) is 0 Å². The number of hydrogen-bond acceptors (Lipinski definition) is 0. The molecule has 0 bridgehead atoms. The second-order valence-electron chi connectivity index (χ2n) is 5.76. The maximum Gasteiger partial charge on any atom is -0.00135 e. The van der Waals surface area contributed by atoms with Crippen LogP contribution in [0, 0.1) is 5.92 Å². The van der Waals surface area contributed by atoms with Crippen LogP contribution < -0.4 is 0 Å². The Morgan fingerprint density at radius 3 is 2.56 bits per heavy atom. The molecule has 0 fully saturated rings. The monoisotopic (exact) mass is 236 g/mol. The van der Waals surface area contributed by atoms with E-state index in [-0.39, 0.29) is 0 Å². The van der Waals surface area contributed by atoms with Gasteiger partial charge in [-0.15, -0.1) is 0 Å². The molecule has 3 rings (SSSR count). The third kappa shape index (κ3) is 2.08. The molecule has 0 atom stereocenters. The van der Waals surface area contributed by atoms with Gasteiger partial charge in [0, 0.05) is 0 Å². The lowest BCUT2D eigenvalue weighted by Gasteiger charge is -2.07. The van der Waals surface area contributed by atoms with Crippen molar-refractivity contribution in [2.45, 2.75) is 33.1 Å². The first-order chi connectivity index (χ1) is 8.74. The summed E-state index contributed by atoms with van der Waals surface area (Å²) in [6.45, 7) is 4.59. The van der Waals surface area contributed by atoms with Crippen LogP contribution in [0.1, 0.15) is 37.0 Å². The van der Waals surface area contributed by atoms with Crippen LogP contribution in [-0.2, 0) is 12.8 Å². The standard InChI is InChI=1S/C18H20/c1-13(2)7-8-14-9-10-16-12-15-5-3-4-6-17(15)18(16)11-14/h3-6,9-11,13H,7-8,12H2,1-2H3. The second-order valence-corrected chi connectivity index (χ2v) is 5.76. The van der Waals surface area contributed by atoms with Crippen molar-refractivity contribution < 1.29 is 0 Å². The van der Waals surface area contributed by atoms with Gasteiger partial charge < -0.3 is 0 Å². The van der Waals surface area contributed by atoms with Crippen LogP contribution >= 0.6 is 0 Å². The fraction of sp³-hybridized carbons (Fsp3) is 0.333. The fourth-order valence-corrected chi connectivity index (χ4v) is 2.78. The molecule has 0 aliphatic heterocycles. The number of fused-ring (bicyclic) bond motifs is 3. The minimum Gasteiger partial charge on any atom is -0.0628 e. The van der Waals surface area contributed by atoms with E-state index in [0.29, 0.717) is 0 Å². The van der Waals surface area contributed by atoms with E-state index in [9.17, 15) is 0 Å². The Morgan fingerprint density at radius 1 is 0.944 bits per heavy atom. The highest BCUT2D eigenvalue weighted by Gasteiger charge is 2.17. The zero-order valence-electron chi connectivity index (χ0n) is 11.2. The summed E-state index contributed by atoms with van der Waals surface area (Å²) in [7, 11) is 0. The Morgan fingerprint density at radius 2 is 1.72 bits per heavy atom. The van der Waals surface area contributed by atoms with E-state index >= 15 is 0 Å². The number of rotatable bonds is 3. The van der Waals surface area contributed by atoms with Crippen molar-refractivity contribution >= 4 is 0 Å². The molecule has 1 aliphatic rings. The lowest BCUT2D eigenvalue weighted by Crippen LogP contribution is -1.93. The van der Waals surface area contributed by atoms with Crippen LogP contribution in [0.25, 0.3) is 11.1 Å². The number of benzene rings is 2. The molecule has 0 N–H and O–H groups in total. The van der Waals surface area contributed by atoms with Crippen molar-refractivity contribution in [2.75, 3.05) is 0 Å². The normalized spacial score (nSPS) is 12.6. The summed E-state index contributed by atoms with van der Waals surface area (Å²) in [6, 6.07) is 15.8. The Bertz CT molecular complexity index is 564. The molecule has 0 heterocycles. The first kappa shape index (κ1) is 11.5. The Hall–Kier alpha value is -1.56.